The number of aliphatic hydroxyl groups excluding tert-OH is 1. The Morgan fingerprint density at radius 1 is 1.29 bits per heavy atom. The van der Waals surface area contributed by atoms with Gasteiger partial charge in [0, 0.05) is 13.2 Å². The number of aromatic nitrogens is 2. The molecule has 4 nitrogen and oxygen atoms in total. The third-order valence-electron chi connectivity index (χ3n) is 3.41. The highest BCUT2D eigenvalue weighted by Crippen LogP contribution is 2.25. The van der Waals surface area contributed by atoms with Crippen LogP contribution < -0.4 is 4.74 Å². The van der Waals surface area contributed by atoms with Gasteiger partial charge in [0.15, 0.2) is 0 Å². The monoisotopic (exact) mass is 308 g/mol. The van der Waals surface area contributed by atoms with Gasteiger partial charge in [0.05, 0.1) is 16.4 Å². The first-order valence-electron chi connectivity index (χ1n) is 7.26. The van der Waals surface area contributed by atoms with Gasteiger partial charge in [-0.05, 0) is 31.4 Å². The summed E-state index contributed by atoms with van der Waals surface area (Å²) in [6.45, 7) is 5.31. The fourth-order valence-electron chi connectivity index (χ4n) is 2.27. The topological polar surface area (TPSA) is 47.3 Å². The Kier molecular flexibility index (Phi) is 5.65. The van der Waals surface area contributed by atoms with E-state index < -0.39 is 0 Å². The molecule has 1 N–H and O–H groups in total. The first kappa shape index (κ1) is 15.9. The maximum Gasteiger partial charge on any atom is 0.131 e. The van der Waals surface area contributed by atoms with Crippen LogP contribution in [0.15, 0.2) is 24.3 Å². The highest BCUT2D eigenvalue weighted by Gasteiger charge is 2.15. The van der Waals surface area contributed by atoms with Gasteiger partial charge in [0.25, 0.3) is 0 Å². The molecule has 0 aliphatic carbocycles. The van der Waals surface area contributed by atoms with E-state index in [-0.39, 0.29) is 6.61 Å². The van der Waals surface area contributed by atoms with Gasteiger partial charge in [-0.2, -0.15) is 5.10 Å². The molecule has 0 fully saturated rings. The van der Waals surface area contributed by atoms with Crippen LogP contribution in [-0.4, -0.2) is 21.5 Å². The van der Waals surface area contributed by atoms with Gasteiger partial charge < -0.3 is 9.84 Å². The highest BCUT2D eigenvalue weighted by atomic mass is 35.5. The van der Waals surface area contributed by atoms with E-state index in [4.69, 9.17) is 21.4 Å². The van der Waals surface area contributed by atoms with Crippen LogP contribution >= 0.6 is 11.6 Å². The standard InChI is InChI=1S/C16H21ClN2O2/c1-3-13-16(17)14(19(4-2)18-13)11-21-15-8-6-5-7-12(15)9-10-20/h5-8,20H,3-4,9-11H2,1-2H3. The Bertz CT molecular complexity index is 596. The van der Waals surface area contributed by atoms with E-state index in [1.54, 1.807) is 0 Å². The maximum atomic E-state index is 9.10. The number of para-hydroxylation sites is 1. The van der Waals surface area contributed by atoms with Gasteiger partial charge in [0.2, 0.25) is 0 Å². The van der Waals surface area contributed by atoms with Crippen molar-refractivity contribution in [1.29, 1.82) is 0 Å². The summed E-state index contributed by atoms with van der Waals surface area (Å²) < 4.78 is 7.79. The van der Waals surface area contributed by atoms with Crippen LogP contribution in [0.5, 0.6) is 5.75 Å². The number of aryl methyl sites for hydroxylation is 2. The first-order chi connectivity index (χ1) is 10.2. The zero-order chi connectivity index (χ0) is 15.2. The molecule has 0 spiro atoms. The summed E-state index contributed by atoms with van der Waals surface area (Å²) in [6.07, 6.45) is 1.39. The quantitative estimate of drug-likeness (QED) is 0.854. The SMILES string of the molecule is CCc1nn(CC)c(COc2ccccc2CCO)c1Cl. The molecule has 2 aromatic rings. The summed E-state index contributed by atoms with van der Waals surface area (Å²) in [4.78, 5) is 0. The lowest BCUT2D eigenvalue weighted by Crippen LogP contribution is -2.07. The summed E-state index contributed by atoms with van der Waals surface area (Å²) in [7, 11) is 0. The predicted molar refractivity (Wildman–Crippen MR) is 83.9 cm³/mol. The van der Waals surface area contributed by atoms with E-state index in [9.17, 15) is 0 Å². The van der Waals surface area contributed by atoms with Crippen LogP contribution in [-0.2, 0) is 26.0 Å². The van der Waals surface area contributed by atoms with Gasteiger partial charge in [0.1, 0.15) is 12.4 Å². The zero-order valence-electron chi connectivity index (χ0n) is 12.5. The van der Waals surface area contributed by atoms with Crippen LogP contribution in [0, 0.1) is 0 Å². The molecule has 2 rings (SSSR count). The van der Waals surface area contributed by atoms with Crippen LogP contribution in [0.25, 0.3) is 0 Å². The molecule has 1 aromatic carbocycles. The van der Waals surface area contributed by atoms with E-state index in [0.29, 0.717) is 18.1 Å². The minimum absolute atomic E-state index is 0.105. The Balaban J connectivity index is 2.18. The molecule has 0 saturated carbocycles. The Labute approximate surface area is 130 Å². The fraction of sp³-hybridized carbons (Fsp3) is 0.438. The second kappa shape index (κ2) is 7.48. The number of hydrogen-bond donors (Lipinski definition) is 1. The van der Waals surface area contributed by atoms with Crippen molar-refractivity contribution in [2.75, 3.05) is 6.61 Å². The van der Waals surface area contributed by atoms with E-state index in [0.717, 1.165) is 35.7 Å². The van der Waals surface area contributed by atoms with Crippen molar-refractivity contribution in [2.24, 2.45) is 0 Å². The lowest BCUT2D eigenvalue weighted by Gasteiger charge is -2.11. The molecular weight excluding hydrogens is 288 g/mol. The van der Waals surface area contributed by atoms with Crippen LogP contribution in [0.3, 0.4) is 0 Å². The Morgan fingerprint density at radius 2 is 2.05 bits per heavy atom. The molecular formula is C16H21ClN2O2. The van der Waals surface area contributed by atoms with Crippen molar-refractivity contribution < 1.29 is 9.84 Å². The van der Waals surface area contributed by atoms with Crippen molar-refractivity contribution in [1.82, 2.24) is 9.78 Å². The predicted octanol–water partition coefficient (Wildman–Crippen LogP) is 3.23. The minimum atomic E-state index is 0.105. The van der Waals surface area contributed by atoms with Crippen molar-refractivity contribution in [3.05, 3.63) is 46.2 Å². The fourth-order valence-corrected chi connectivity index (χ4v) is 2.60. The van der Waals surface area contributed by atoms with Crippen LogP contribution in [0.4, 0.5) is 0 Å². The van der Waals surface area contributed by atoms with E-state index >= 15 is 0 Å². The van der Waals surface area contributed by atoms with Crippen LogP contribution in [0.2, 0.25) is 5.02 Å². The second-order valence-corrected chi connectivity index (χ2v) is 5.12. The van der Waals surface area contributed by atoms with E-state index in [2.05, 4.69) is 5.10 Å². The molecule has 5 heteroatoms. The number of hydrogen-bond acceptors (Lipinski definition) is 3. The average molecular weight is 309 g/mol. The van der Waals surface area contributed by atoms with E-state index in [1.807, 2.05) is 42.8 Å². The molecule has 0 saturated heterocycles. The van der Waals surface area contributed by atoms with Gasteiger partial charge in [-0.1, -0.05) is 36.7 Å². The molecule has 0 atom stereocenters. The molecule has 1 aromatic heterocycles. The number of benzene rings is 1. The molecule has 0 unspecified atom stereocenters. The second-order valence-electron chi connectivity index (χ2n) is 4.75. The van der Waals surface area contributed by atoms with Crippen molar-refractivity contribution in [3.8, 4) is 5.75 Å². The maximum absolute atomic E-state index is 9.10. The lowest BCUT2D eigenvalue weighted by molar-refractivity contribution is 0.277. The molecule has 0 amide bonds. The highest BCUT2D eigenvalue weighted by molar-refractivity contribution is 6.31. The molecule has 0 radical (unpaired) electrons. The molecule has 21 heavy (non-hydrogen) atoms. The third kappa shape index (κ3) is 3.57. The summed E-state index contributed by atoms with van der Waals surface area (Å²) in [5.41, 5.74) is 2.80. The van der Waals surface area contributed by atoms with Gasteiger partial charge in [-0.3, -0.25) is 4.68 Å². The van der Waals surface area contributed by atoms with Crippen LogP contribution in [0.1, 0.15) is 30.8 Å². The summed E-state index contributed by atoms with van der Waals surface area (Å²) in [6, 6.07) is 7.73. The Hall–Kier alpha value is -1.52. The summed E-state index contributed by atoms with van der Waals surface area (Å²) in [5.74, 6) is 0.782. The number of rotatable bonds is 7. The van der Waals surface area contributed by atoms with E-state index in [1.165, 1.54) is 0 Å². The molecule has 0 bridgehead atoms. The number of halogens is 1. The van der Waals surface area contributed by atoms with Gasteiger partial charge in [-0.15, -0.1) is 0 Å². The smallest absolute Gasteiger partial charge is 0.131 e. The third-order valence-corrected chi connectivity index (χ3v) is 3.85. The van der Waals surface area contributed by atoms with Crippen molar-refractivity contribution in [3.63, 3.8) is 0 Å². The summed E-state index contributed by atoms with van der Waals surface area (Å²) >= 11 is 6.37. The van der Waals surface area contributed by atoms with Crippen molar-refractivity contribution in [2.45, 2.75) is 39.8 Å². The minimum Gasteiger partial charge on any atom is -0.487 e. The molecule has 0 aliphatic rings. The largest absolute Gasteiger partial charge is 0.487 e. The van der Waals surface area contributed by atoms with Gasteiger partial charge in [-0.25, -0.2) is 0 Å². The first-order valence-corrected chi connectivity index (χ1v) is 7.64. The molecule has 0 aliphatic heterocycles. The molecule has 1 heterocycles. The number of nitrogens with zero attached hydrogens (tertiary/aromatic N) is 2. The number of aliphatic hydroxyl groups is 1. The zero-order valence-corrected chi connectivity index (χ0v) is 13.2. The molecule has 114 valence electrons. The Morgan fingerprint density at radius 3 is 2.71 bits per heavy atom. The summed E-state index contributed by atoms with van der Waals surface area (Å²) in [5, 5.41) is 14.3. The van der Waals surface area contributed by atoms with Gasteiger partial charge >= 0.3 is 0 Å². The average Bonchev–Trinajstić information content (AvgIpc) is 2.82. The normalized spacial score (nSPS) is 10.9. The number of ether oxygens (including phenoxy) is 1. The lowest BCUT2D eigenvalue weighted by atomic mass is 10.1. The van der Waals surface area contributed by atoms with Crippen molar-refractivity contribution >= 4 is 11.6 Å².